The second-order valence-corrected chi connectivity index (χ2v) is 4.06. The number of hydrogen-bond acceptors (Lipinski definition) is 4. The molecule has 1 amide bonds. The number of amides is 1. The van der Waals surface area contributed by atoms with Crippen molar-refractivity contribution in [3.05, 3.63) is 29.8 Å². The second kappa shape index (κ2) is 7.38. The predicted octanol–water partition coefficient (Wildman–Crippen LogP) is 0.326. The van der Waals surface area contributed by atoms with Gasteiger partial charge in [-0.15, -0.1) is 0 Å². The van der Waals surface area contributed by atoms with Crippen molar-refractivity contribution < 1.29 is 24.5 Å². The number of carboxylic acid groups (broad SMARTS) is 1. The van der Waals surface area contributed by atoms with Crippen molar-refractivity contribution in [1.82, 2.24) is 5.32 Å². The van der Waals surface area contributed by atoms with Crippen molar-refractivity contribution >= 4 is 11.9 Å². The Labute approximate surface area is 111 Å². The zero-order valence-corrected chi connectivity index (χ0v) is 10.6. The van der Waals surface area contributed by atoms with E-state index in [4.69, 9.17) is 14.9 Å². The van der Waals surface area contributed by atoms with E-state index < -0.39 is 24.5 Å². The third kappa shape index (κ3) is 5.39. The van der Waals surface area contributed by atoms with E-state index in [-0.39, 0.29) is 13.0 Å². The van der Waals surface area contributed by atoms with Crippen LogP contribution in [-0.4, -0.2) is 41.3 Å². The van der Waals surface area contributed by atoms with Crippen LogP contribution in [0.4, 0.5) is 0 Å². The zero-order valence-electron chi connectivity index (χ0n) is 10.6. The first-order chi connectivity index (χ1) is 9.02. The standard InChI is InChI=1S/C13H17NO5/c1-9-3-2-4-10(7-9)19-6-5-12(16)14-11(8-15)13(17)18/h2-4,7,11,15H,5-6,8H2,1H3,(H,14,16)(H,17,18)/t11-/m0/s1. The van der Waals surface area contributed by atoms with Gasteiger partial charge in [-0.1, -0.05) is 12.1 Å². The van der Waals surface area contributed by atoms with Crippen LogP contribution in [-0.2, 0) is 9.59 Å². The summed E-state index contributed by atoms with van der Waals surface area (Å²) in [5.41, 5.74) is 1.05. The Bertz CT molecular complexity index is 446. The molecule has 0 aliphatic carbocycles. The Balaban J connectivity index is 2.33. The summed E-state index contributed by atoms with van der Waals surface area (Å²) in [4.78, 5) is 22.0. The van der Waals surface area contributed by atoms with Gasteiger partial charge in [0.1, 0.15) is 11.8 Å². The zero-order chi connectivity index (χ0) is 14.3. The first-order valence-corrected chi connectivity index (χ1v) is 5.85. The van der Waals surface area contributed by atoms with Crippen molar-refractivity contribution in [2.24, 2.45) is 0 Å². The van der Waals surface area contributed by atoms with Gasteiger partial charge in [0.25, 0.3) is 0 Å². The molecule has 1 aromatic rings. The van der Waals surface area contributed by atoms with E-state index in [9.17, 15) is 9.59 Å². The largest absolute Gasteiger partial charge is 0.493 e. The summed E-state index contributed by atoms with van der Waals surface area (Å²) >= 11 is 0. The van der Waals surface area contributed by atoms with E-state index in [1.165, 1.54) is 0 Å². The maximum absolute atomic E-state index is 11.4. The van der Waals surface area contributed by atoms with Gasteiger partial charge in [0, 0.05) is 0 Å². The van der Waals surface area contributed by atoms with Crippen LogP contribution >= 0.6 is 0 Å². The van der Waals surface area contributed by atoms with E-state index in [1.54, 1.807) is 6.07 Å². The molecular weight excluding hydrogens is 250 g/mol. The van der Waals surface area contributed by atoms with Crippen LogP contribution in [0.3, 0.4) is 0 Å². The van der Waals surface area contributed by atoms with E-state index >= 15 is 0 Å². The highest BCUT2D eigenvalue weighted by molar-refractivity contribution is 5.83. The number of benzene rings is 1. The van der Waals surface area contributed by atoms with E-state index in [0.717, 1.165) is 5.56 Å². The van der Waals surface area contributed by atoms with Gasteiger partial charge in [-0.05, 0) is 24.6 Å². The third-order valence-corrected chi connectivity index (χ3v) is 2.40. The summed E-state index contributed by atoms with van der Waals surface area (Å²) in [6, 6.07) is 6.12. The topological polar surface area (TPSA) is 95.9 Å². The molecule has 0 spiro atoms. The van der Waals surface area contributed by atoms with Gasteiger partial charge in [-0.25, -0.2) is 4.79 Å². The molecular formula is C13H17NO5. The predicted molar refractivity (Wildman–Crippen MR) is 67.9 cm³/mol. The first-order valence-electron chi connectivity index (χ1n) is 5.85. The molecule has 1 aromatic carbocycles. The molecule has 0 fully saturated rings. The molecule has 0 aromatic heterocycles. The summed E-state index contributed by atoms with van der Waals surface area (Å²) in [6.07, 6.45) is 0.0255. The molecule has 104 valence electrons. The van der Waals surface area contributed by atoms with Gasteiger partial charge in [0.2, 0.25) is 5.91 Å². The van der Waals surface area contributed by atoms with Crippen LogP contribution in [0.2, 0.25) is 0 Å². The molecule has 0 saturated carbocycles. The van der Waals surface area contributed by atoms with Crippen molar-refractivity contribution in [1.29, 1.82) is 0 Å². The number of carboxylic acids is 1. The highest BCUT2D eigenvalue weighted by atomic mass is 16.5. The smallest absolute Gasteiger partial charge is 0.328 e. The fourth-order valence-electron chi connectivity index (χ4n) is 1.42. The summed E-state index contributed by atoms with van der Waals surface area (Å²) in [5.74, 6) is -1.09. The number of aliphatic carboxylic acids is 1. The molecule has 0 saturated heterocycles. The number of rotatable bonds is 7. The number of aliphatic hydroxyl groups is 1. The van der Waals surface area contributed by atoms with Gasteiger partial charge in [-0.2, -0.15) is 0 Å². The molecule has 6 heteroatoms. The number of aliphatic hydroxyl groups excluding tert-OH is 1. The minimum Gasteiger partial charge on any atom is -0.493 e. The molecule has 0 radical (unpaired) electrons. The summed E-state index contributed by atoms with van der Waals surface area (Å²) < 4.78 is 5.36. The molecule has 6 nitrogen and oxygen atoms in total. The maximum Gasteiger partial charge on any atom is 0.328 e. The Morgan fingerprint density at radius 1 is 1.42 bits per heavy atom. The minimum absolute atomic E-state index is 0.0255. The highest BCUT2D eigenvalue weighted by Crippen LogP contribution is 2.12. The Morgan fingerprint density at radius 2 is 2.16 bits per heavy atom. The van der Waals surface area contributed by atoms with Crippen molar-refractivity contribution in [2.75, 3.05) is 13.2 Å². The quantitative estimate of drug-likeness (QED) is 0.661. The Hall–Kier alpha value is -2.08. The van der Waals surface area contributed by atoms with Crippen LogP contribution in [0.1, 0.15) is 12.0 Å². The minimum atomic E-state index is -1.27. The summed E-state index contributed by atoms with van der Waals surface area (Å²) in [6.45, 7) is 1.44. The average molecular weight is 267 g/mol. The van der Waals surface area contributed by atoms with Crippen molar-refractivity contribution in [2.45, 2.75) is 19.4 Å². The Kier molecular flexibility index (Phi) is 5.81. The van der Waals surface area contributed by atoms with Crippen LogP contribution in [0.25, 0.3) is 0 Å². The molecule has 0 aliphatic rings. The van der Waals surface area contributed by atoms with E-state index in [2.05, 4.69) is 5.32 Å². The number of ether oxygens (including phenoxy) is 1. The number of carbonyl (C=O) groups is 2. The summed E-state index contributed by atoms with van der Waals surface area (Å²) in [7, 11) is 0. The first kappa shape index (κ1) is 15.0. The normalized spacial score (nSPS) is 11.7. The molecule has 1 atom stereocenters. The van der Waals surface area contributed by atoms with Crippen LogP contribution < -0.4 is 10.1 Å². The fraction of sp³-hybridized carbons (Fsp3) is 0.385. The van der Waals surface area contributed by atoms with E-state index in [1.807, 2.05) is 25.1 Å². The average Bonchev–Trinajstić information content (AvgIpc) is 2.35. The monoisotopic (exact) mass is 267 g/mol. The number of nitrogens with one attached hydrogen (secondary N) is 1. The SMILES string of the molecule is Cc1cccc(OCCC(=O)N[C@@H](CO)C(=O)O)c1. The number of hydrogen-bond donors (Lipinski definition) is 3. The third-order valence-electron chi connectivity index (χ3n) is 2.40. The molecule has 0 heterocycles. The molecule has 1 rings (SSSR count). The van der Waals surface area contributed by atoms with Crippen molar-refractivity contribution in [3.8, 4) is 5.75 Å². The summed E-state index contributed by atoms with van der Waals surface area (Å²) in [5, 5.41) is 19.6. The Morgan fingerprint density at radius 3 is 2.74 bits per heavy atom. The van der Waals surface area contributed by atoms with Crippen molar-refractivity contribution in [3.63, 3.8) is 0 Å². The second-order valence-electron chi connectivity index (χ2n) is 4.06. The number of aryl methyl sites for hydroxylation is 1. The molecule has 0 unspecified atom stereocenters. The van der Waals surface area contributed by atoms with Gasteiger partial charge < -0.3 is 20.3 Å². The lowest BCUT2D eigenvalue weighted by molar-refractivity contribution is -0.143. The molecule has 0 bridgehead atoms. The molecule has 3 N–H and O–H groups in total. The van der Waals surface area contributed by atoms with Gasteiger partial charge in [0.05, 0.1) is 19.6 Å². The van der Waals surface area contributed by atoms with Crippen LogP contribution in [0, 0.1) is 6.92 Å². The van der Waals surface area contributed by atoms with Crippen LogP contribution in [0.5, 0.6) is 5.75 Å². The highest BCUT2D eigenvalue weighted by Gasteiger charge is 2.18. The van der Waals surface area contributed by atoms with E-state index in [0.29, 0.717) is 5.75 Å². The lowest BCUT2D eigenvalue weighted by atomic mass is 10.2. The number of carbonyl (C=O) groups excluding carboxylic acids is 1. The lowest BCUT2D eigenvalue weighted by Gasteiger charge is -2.12. The van der Waals surface area contributed by atoms with Gasteiger partial charge >= 0.3 is 5.97 Å². The lowest BCUT2D eigenvalue weighted by Crippen LogP contribution is -2.43. The molecule has 19 heavy (non-hydrogen) atoms. The fourth-order valence-corrected chi connectivity index (χ4v) is 1.42. The van der Waals surface area contributed by atoms with Crippen LogP contribution in [0.15, 0.2) is 24.3 Å². The van der Waals surface area contributed by atoms with Gasteiger partial charge in [0.15, 0.2) is 0 Å². The molecule has 0 aliphatic heterocycles. The van der Waals surface area contributed by atoms with Gasteiger partial charge in [-0.3, -0.25) is 4.79 Å². The maximum atomic E-state index is 11.4.